The van der Waals surface area contributed by atoms with Crippen LogP contribution in [0.15, 0.2) is 67.0 Å². The minimum absolute atomic E-state index is 0.0998. The van der Waals surface area contributed by atoms with Gasteiger partial charge in [0.15, 0.2) is 11.5 Å². The smallest absolute Gasteiger partial charge is 0.250 e. The maximum atomic E-state index is 13.5. The van der Waals surface area contributed by atoms with Gasteiger partial charge in [0, 0.05) is 25.5 Å². The topological polar surface area (TPSA) is 43.7 Å². The van der Waals surface area contributed by atoms with Gasteiger partial charge in [-0.1, -0.05) is 30.3 Å². The molecule has 0 radical (unpaired) electrons. The Morgan fingerprint density at radius 3 is 2.21 bits per heavy atom. The molecule has 0 N–H and O–H groups in total. The quantitative estimate of drug-likeness (QED) is 0.682. The van der Waals surface area contributed by atoms with Gasteiger partial charge in [0.2, 0.25) is 0 Å². The minimum atomic E-state index is -0.363. The number of hydrogen-bond donors (Lipinski definition) is 0. The first-order valence-corrected chi connectivity index (χ1v) is 9.41. The third-order valence-corrected chi connectivity index (χ3v) is 5.30. The SMILES string of the molecule is COc1cc2c(cc1OC)CN(C(=O)[C@H](c1ccccc1)n1cccc1)CC2. The number of aromatic nitrogens is 1. The van der Waals surface area contributed by atoms with Crippen LogP contribution in [0, 0.1) is 0 Å². The molecule has 28 heavy (non-hydrogen) atoms. The summed E-state index contributed by atoms with van der Waals surface area (Å²) in [5.74, 6) is 1.53. The number of nitrogens with zero attached hydrogens (tertiary/aromatic N) is 2. The Morgan fingerprint density at radius 2 is 1.57 bits per heavy atom. The van der Waals surface area contributed by atoms with E-state index in [1.807, 2.05) is 76.5 Å². The summed E-state index contributed by atoms with van der Waals surface area (Å²) in [4.78, 5) is 15.5. The molecule has 0 aliphatic carbocycles. The summed E-state index contributed by atoms with van der Waals surface area (Å²) in [6.45, 7) is 1.26. The molecule has 144 valence electrons. The van der Waals surface area contributed by atoms with Gasteiger partial charge in [-0.05, 0) is 47.4 Å². The summed E-state index contributed by atoms with van der Waals surface area (Å²) < 4.78 is 12.8. The first-order chi connectivity index (χ1) is 13.7. The second kappa shape index (κ2) is 7.80. The molecule has 1 aliphatic heterocycles. The van der Waals surface area contributed by atoms with Crippen molar-refractivity contribution in [2.45, 2.75) is 19.0 Å². The Morgan fingerprint density at radius 1 is 0.929 bits per heavy atom. The van der Waals surface area contributed by atoms with E-state index in [1.54, 1.807) is 14.2 Å². The highest BCUT2D eigenvalue weighted by molar-refractivity contribution is 5.84. The summed E-state index contributed by atoms with van der Waals surface area (Å²) in [7, 11) is 3.28. The number of methoxy groups -OCH3 is 2. The largest absolute Gasteiger partial charge is 0.493 e. The van der Waals surface area contributed by atoms with Crippen molar-refractivity contribution in [2.75, 3.05) is 20.8 Å². The normalized spacial score (nSPS) is 14.3. The minimum Gasteiger partial charge on any atom is -0.493 e. The van der Waals surface area contributed by atoms with Crippen LogP contribution in [-0.2, 0) is 17.8 Å². The van der Waals surface area contributed by atoms with Gasteiger partial charge < -0.3 is 18.9 Å². The highest BCUT2D eigenvalue weighted by atomic mass is 16.5. The average Bonchev–Trinajstić information content (AvgIpc) is 3.27. The Kier molecular flexibility index (Phi) is 5.06. The second-order valence-corrected chi connectivity index (χ2v) is 6.93. The van der Waals surface area contributed by atoms with Gasteiger partial charge in [-0.2, -0.15) is 0 Å². The molecular formula is C23H24N2O3. The molecule has 0 fully saturated rings. The summed E-state index contributed by atoms with van der Waals surface area (Å²) in [5.41, 5.74) is 3.30. The predicted molar refractivity (Wildman–Crippen MR) is 108 cm³/mol. The summed E-state index contributed by atoms with van der Waals surface area (Å²) >= 11 is 0. The van der Waals surface area contributed by atoms with E-state index in [4.69, 9.17) is 9.47 Å². The maximum absolute atomic E-state index is 13.5. The fourth-order valence-electron chi connectivity index (χ4n) is 3.84. The monoisotopic (exact) mass is 376 g/mol. The first-order valence-electron chi connectivity index (χ1n) is 9.41. The van der Waals surface area contributed by atoms with E-state index >= 15 is 0 Å². The Bertz CT molecular complexity index is 951. The zero-order valence-electron chi connectivity index (χ0n) is 16.2. The van der Waals surface area contributed by atoms with Crippen LogP contribution in [0.25, 0.3) is 0 Å². The molecule has 0 spiro atoms. The molecule has 0 saturated carbocycles. The molecule has 5 nitrogen and oxygen atoms in total. The van der Waals surface area contributed by atoms with Crippen molar-refractivity contribution in [1.29, 1.82) is 0 Å². The van der Waals surface area contributed by atoms with Gasteiger partial charge >= 0.3 is 0 Å². The molecule has 1 atom stereocenters. The Hall–Kier alpha value is -3.21. The van der Waals surface area contributed by atoms with Crippen LogP contribution in [0.1, 0.15) is 22.7 Å². The number of rotatable bonds is 5. The standard InChI is InChI=1S/C23H24N2O3/c1-27-20-14-18-10-13-25(16-19(18)15-21(20)28-2)23(26)22(24-11-6-7-12-24)17-8-4-3-5-9-17/h3-9,11-12,14-15,22H,10,13,16H2,1-2H3/t22-/m0/s1. The van der Waals surface area contributed by atoms with Crippen molar-refractivity contribution in [1.82, 2.24) is 9.47 Å². The number of carbonyl (C=O) groups excluding carboxylic acids is 1. The molecule has 2 aromatic carbocycles. The summed E-state index contributed by atoms with van der Waals surface area (Å²) in [6.07, 6.45) is 4.69. The van der Waals surface area contributed by atoms with Gasteiger partial charge in [0.25, 0.3) is 5.91 Å². The molecule has 0 bridgehead atoms. The van der Waals surface area contributed by atoms with Crippen molar-refractivity contribution in [3.05, 3.63) is 83.7 Å². The second-order valence-electron chi connectivity index (χ2n) is 6.93. The third kappa shape index (κ3) is 3.36. The molecule has 1 aliphatic rings. The number of carbonyl (C=O) groups is 1. The van der Waals surface area contributed by atoms with E-state index in [9.17, 15) is 4.79 Å². The van der Waals surface area contributed by atoms with Crippen molar-refractivity contribution < 1.29 is 14.3 Å². The fraction of sp³-hybridized carbons (Fsp3) is 0.261. The van der Waals surface area contributed by atoms with E-state index in [2.05, 4.69) is 0 Å². The van der Waals surface area contributed by atoms with Gasteiger partial charge in [0.1, 0.15) is 6.04 Å². The van der Waals surface area contributed by atoms with Gasteiger partial charge in [0.05, 0.1) is 14.2 Å². The maximum Gasteiger partial charge on any atom is 0.250 e. The zero-order valence-corrected chi connectivity index (χ0v) is 16.2. The number of hydrogen-bond acceptors (Lipinski definition) is 3. The summed E-state index contributed by atoms with van der Waals surface area (Å²) in [6, 6.07) is 17.5. The van der Waals surface area contributed by atoms with Crippen LogP contribution in [0.2, 0.25) is 0 Å². The lowest BCUT2D eigenvalue weighted by molar-refractivity contribution is -0.134. The number of ether oxygens (including phenoxy) is 2. The fourth-order valence-corrected chi connectivity index (χ4v) is 3.84. The van der Waals surface area contributed by atoms with Crippen LogP contribution in [-0.4, -0.2) is 36.1 Å². The lowest BCUT2D eigenvalue weighted by Gasteiger charge is -2.33. The molecule has 2 heterocycles. The van der Waals surface area contributed by atoms with Gasteiger partial charge in [-0.3, -0.25) is 4.79 Å². The number of amides is 1. The zero-order chi connectivity index (χ0) is 19.5. The molecule has 1 aromatic heterocycles. The first kappa shape index (κ1) is 18.2. The van der Waals surface area contributed by atoms with E-state index < -0.39 is 0 Å². The highest BCUT2D eigenvalue weighted by Crippen LogP contribution is 2.34. The molecule has 5 heteroatoms. The molecule has 4 rings (SSSR count). The number of fused-ring (bicyclic) bond motifs is 1. The van der Waals surface area contributed by atoms with Crippen molar-refractivity contribution in [3.63, 3.8) is 0 Å². The van der Waals surface area contributed by atoms with Crippen LogP contribution in [0.3, 0.4) is 0 Å². The average molecular weight is 376 g/mol. The number of benzene rings is 2. The van der Waals surface area contributed by atoms with Crippen molar-refractivity contribution >= 4 is 5.91 Å². The van der Waals surface area contributed by atoms with Crippen LogP contribution in [0.4, 0.5) is 0 Å². The van der Waals surface area contributed by atoms with E-state index in [1.165, 1.54) is 5.56 Å². The van der Waals surface area contributed by atoms with Crippen LogP contribution < -0.4 is 9.47 Å². The van der Waals surface area contributed by atoms with Crippen LogP contribution in [0.5, 0.6) is 11.5 Å². The van der Waals surface area contributed by atoms with E-state index in [0.29, 0.717) is 18.8 Å². The lowest BCUT2D eigenvalue weighted by atomic mass is 9.97. The van der Waals surface area contributed by atoms with Crippen LogP contribution >= 0.6 is 0 Å². The molecule has 0 unspecified atom stereocenters. The molecule has 0 saturated heterocycles. The Balaban J connectivity index is 1.64. The van der Waals surface area contributed by atoms with Crippen molar-refractivity contribution in [3.8, 4) is 11.5 Å². The summed E-state index contributed by atoms with van der Waals surface area (Å²) in [5, 5.41) is 0. The Labute approximate surface area is 165 Å². The molecule has 3 aromatic rings. The highest BCUT2D eigenvalue weighted by Gasteiger charge is 2.30. The van der Waals surface area contributed by atoms with Gasteiger partial charge in [-0.25, -0.2) is 0 Å². The predicted octanol–water partition coefficient (Wildman–Crippen LogP) is 3.68. The third-order valence-electron chi connectivity index (χ3n) is 5.30. The van der Waals surface area contributed by atoms with E-state index in [-0.39, 0.29) is 11.9 Å². The van der Waals surface area contributed by atoms with E-state index in [0.717, 1.165) is 23.3 Å². The molecular weight excluding hydrogens is 352 g/mol. The van der Waals surface area contributed by atoms with Gasteiger partial charge in [-0.15, -0.1) is 0 Å². The van der Waals surface area contributed by atoms with Crippen molar-refractivity contribution in [2.24, 2.45) is 0 Å². The molecule has 1 amide bonds. The lowest BCUT2D eigenvalue weighted by Crippen LogP contribution is -2.40.